The van der Waals surface area contributed by atoms with E-state index in [0.717, 1.165) is 34.4 Å². The minimum absolute atomic E-state index is 0. The van der Waals surface area contributed by atoms with Crippen molar-refractivity contribution >= 4 is 88.3 Å². The first-order valence-electron chi connectivity index (χ1n) is 18.7. The number of para-hydroxylation sites is 2. The van der Waals surface area contributed by atoms with Gasteiger partial charge in [-0.25, -0.2) is 5.10 Å². The molecule has 1 aliphatic rings. The largest absolute Gasteiger partial charge is 1.00 e. The maximum absolute atomic E-state index is 12.9. The van der Waals surface area contributed by atoms with Crippen molar-refractivity contribution in [2.24, 2.45) is 5.10 Å². The number of aromatic hydroxyl groups is 3. The average molecular weight is 954 g/mol. The number of hydrogen-bond donors (Lipinski definition) is 8. The molecule has 0 radical (unpaired) electrons. The van der Waals surface area contributed by atoms with E-state index >= 15 is 0 Å². The van der Waals surface area contributed by atoms with Crippen LogP contribution in [0.2, 0.25) is 0 Å². The van der Waals surface area contributed by atoms with E-state index in [1.54, 1.807) is 54.6 Å². The van der Waals surface area contributed by atoms with Crippen LogP contribution in [-0.4, -0.2) is 64.2 Å². The molecular formula is C47H40N5NaO12S2. The molecule has 2 amide bonds. The van der Waals surface area contributed by atoms with E-state index in [4.69, 9.17) is 28.0 Å². The molecule has 0 aliphatic heterocycles. The second kappa shape index (κ2) is 25.2. The molecule has 7 aromatic rings. The van der Waals surface area contributed by atoms with E-state index in [0.29, 0.717) is 22.3 Å². The van der Waals surface area contributed by atoms with Crippen LogP contribution < -0.4 is 51.4 Å². The number of rotatable bonds is 7. The van der Waals surface area contributed by atoms with Gasteiger partial charge in [-0.1, -0.05) is 98.4 Å². The molecule has 0 saturated carbocycles. The number of carbonyl (C=O) groups is 3. The fourth-order valence-electron chi connectivity index (χ4n) is 5.89. The maximum atomic E-state index is 12.9. The monoisotopic (exact) mass is 953 g/mol. The fraction of sp³-hybridized carbons (Fsp3) is 0.0213. The zero-order valence-corrected chi connectivity index (χ0v) is 38.1. The average Bonchev–Trinajstić information content (AvgIpc) is 3.27. The maximum Gasteiger partial charge on any atom is 1.00 e. The van der Waals surface area contributed by atoms with Crippen LogP contribution in [0, 0.1) is 6.08 Å². The van der Waals surface area contributed by atoms with Gasteiger partial charge in [0.1, 0.15) is 11.5 Å². The zero-order chi connectivity index (χ0) is 47.1. The van der Waals surface area contributed by atoms with Gasteiger partial charge >= 0.3 is 40.2 Å². The Kier molecular flexibility index (Phi) is 20.2. The van der Waals surface area contributed by atoms with Gasteiger partial charge in [-0.3, -0.25) is 19.6 Å². The SMILES string of the molecule is C.Nc1cc(S(=O)(=O)O)ccc1O.O=C(Nc1ccccc1)c1c(O)ccc2ccccc12.O=C1C=C[C-]=CC1=NNc1cc2ccccc2c(C(=O)Nc2ccccc2)c1O.O=S(=O)=O.[Na+]. The number of phenols is 3. The van der Waals surface area contributed by atoms with Crippen molar-refractivity contribution in [3.05, 3.63) is 181 Å². The predicted molar refractivity (Wildman–Crippen MR) is 252 cm³/mol. The molecule has 0 bridgehead atoms. The van der Waals surface area contributed by atoms with E-state index in [-0.39, 0.29) is 93.5 Å². The third-order valence-corrected chi connectivity index (χ3v) is 9.69. The molecule has 0 fully saturated rings. The Hall–Kier alpha value is -7.65. The summed E-state index contributed by atoms with van der Waals surface area (Å²) in [6.07, 6.45) is 7.07. The molecule has 0 spiro atoms. The number of nitrogen functional groups attached to an aromatic ring is 1. The second-order valence-corrected chi connectivity index (χ2v) is 15.0. The van der Waals surface area contributed by atoms with Crippen molar-refractivity contribution in [1.29, 1.82) is 0 Å². The summed E-state index contributed by atoms with van der Waals surface area (Å²) in [7, 11) is -7.34. The molecule has 0 unspecified atom stereocenters. The number of phenolic OH excluding ortho intramolecular Hbond substituents is 3. The number of nitrogens with zero attached hydrogens (tertiary/aromatic N) is 1. The Morgan fingerprint density at radius 1 is 0.657 bits per heavy atom. The molecule has 0 heterocycles. The summed E-state index contributed by atoms with van der Waals surface area (Å²) >= 11 is 0. The van der Waals surface area contributed by atoms with Gasteiger partial charge < -0.3 is 36.5 Å². The minimum atomic E-state index is -4.23. The minimum Gasteiger partial charge on any atom is -0.507 e. The second-order valence-electron chi connectivity index (χ2n) is 13.2. The molecule has 9 N–H and O–H groups in total. The number of anilines is 4. The van der Waals surface area contributed by atoms with Gasteiger partial charge in [0.2, 0.25) is 0 Å². The molecule has 0 saturated heterocycles. The molecule has 67 heavy (non-hydrogen) atoms. The van der Waals surface area contributed by atoms with Crippen LogP contribution in [0.15, 0.2) is 174 Å². The molecule has 7 aromatic carbocycles. The van der Waals surface area contributed by atoms with Crippen LogP contribution in [-0.2, 0) is 25.5 Å². The normalized spacial score (nSPS) is 11.7. The zero-order valence-electron chi connectivity index (χ0n) is 34.5. The summed E-state index contributed by atoms with van der Waals surface area (Å²) < 4.78 is 54.9. The van der Waals surface area contributed by atoms with Crippen molar-refractivity contribution < 1.29 is 84.9 Å². The first-order chi connectivity index (χ1) is 31.0. The quantitative estimate of drug-likeness (QED) is 0.0204. The summed E-state index contributed by atoms with van der Waals surface area (Å²) in [5, 5.41) is 42.3. The molecule has 1 aliphatic carbocycles. The summed E-state index contributed by atoms with van der Waals surface area (Å²) in [5.41, 5.74) is 9.88. The topological polar surface area (TPSA) is 292 Å². The number of benzene rings is 7. The van der Waals surface area contributed by atoms with Gasteiger partial charge in [0.05, 0.1) is 33.2 Å². The van der Waals surface area contributed by atoms with E-state index in [2.05, 4.69) is 27.2 Å². The number of hydrogen-bond acceptors (Lipinski definition) is 14. The van der Waals surface area contributed by atoms with Crippen LogP contribution in [0.1, 0.15) is 28.1 Å². The summed E-state index contributed by atoms with van der Waals surface area (Å²) in [6, 6.07) is 41.0. The van der Waals surface area contributed by atoms with E-state index in [1.165, 1.54) is 18.2 Å². The van der Waals surface area contributed by atoms with Crippen molar-refractivity contribution in [3.63, 3.8) is 0 Å². The number of ketones is 1. The van der Waals surface area contributed by atoms with E-state index in [9.17, 15) is 33.0 Å². The third kappa shape index (κ3) is 15.2. The van der Waals surface area contributed by atoms with Crippen molar-refractivity contribution in [3.8, 4) is 17.2 Å². The van der Waals surface area contributed by atoms with Gasteiger partial charge in [-0.2, -0.15) is 20.6 Å². The number of carbonyl (C=O) groups excluding carboxylic acids is 3. The van der Waals surface area contributed by atoms with Crippen molar-refractivity contribution in [2.45, 2.75) is 12.3 Å². The van der Waals surface area contributed by atoms with Crippen LogP contribution in [0.3, 0.4) is 0 Å². The molecule has 8 rings (SSSR count). The smallest absolute Gasteiger partial charge is 0.507 e. The molecule has 0 aromatic heterocycles. The van der Waals surface area contributed by atoms with Gasteiger partial charge in [-0.15, -0.1) is 24.8 Å². The molecule has 338 valence electrons. The van der Waals surface area contributed by atoms with Crippen LogP contribution >= 0.6 is 0 Å². The molecule has 20 heteroatoms. The fourth-order valence-corrected chi connectivity index (χ4v) is 6.40. The summed E-state index contributed by atoms with van der Waals surface area (Å²) in [6.45, 7) is 0. The number of nitrogens with one attached hydrogen (secondary N) is 3. The third-order valence-electron chi connectivity index (χ3n) is 8.84. The van der Waals surface area contributed by atoms with Crippen LogP contribution in [0.5, 0.6) is 17.2 Å². The summed E-state index contributed by atoms with van der Waals surface area (Å²) in [4.78, 5) is 36.8. The van der Waals surface area contributed by atoms with Gasteiger partial charge in [-0.05, 0) is 76.1 Å². The Bertz CT molecular complexity index is 3220. The number of fused-ring (bicyclic) bond motifs is 2. The summed E-state index contributed by atoms with van der Waals surface area (Å²) in [5.74, 6) is -1.54. The molecule has 17 nitrogen and oxygen atoms in total. The number of amides is 2. The van der Waals surface area contributed by atoms with E-state index in [1.807, 2.05) is 72.8 Å². The Labute approximate surface area is 408 Å². The first kappa shape index (κ1) is 53.7. The Morgan fingerprint density at radius 3 is 1.69 bits per heavy atom. The van der Waals surface area contributed by atoms with Gasteiger partial charge in [0.25, 0.3) is 21.9 Å². The van der Waals surface area contributed by atoms with Crippen LogP contribution in [0.4, 0.5) is 22.7 Å². The predicted octanol–water partition coefficient (Wildman–Crippen LogP) is 4.72. The molecular weight excluding hydrogens is 914 g/mol. The number of hydrazone groups is 1. The van der Waals surface area contributed by atoms with Gasteiger partial charge in [0, 0.05) is 17.1 Å². The van der Waals surface area contributed by atoms with Crippen molar-refractivity contribution in [1.82, 2.24) is 0 Å². The van der Waals surface area contributed by atoms with Crippen molar-refractivity contribution in [2.75, 3.05) is 21.8 Å². The number of allylic oxidation sites excluding steroid dienone is 4. The van der Waals surface area contributed by atoms with Gasteiger partial charge in [0.15, 0.2) is 5.75 Å². The standard InChI is InChI=1S/C23H16N3O3.C17H13NO2.C6H7NO4S.CH4.Na.O3S/c27-20-13-7-6-12-18(20)25-26-19-14-15-8-4-5-11-17(15)21(22(19)28)23(29)24-16-9-2-1-3-10-16;19-15-11-10-12-6-4-5-9-14(12)16(15)17(20)18-13-7-2-1-3-8-13;7-5-3-4(12(9,10)11)1-2-6(5)8;;;1-4(2)3/h1-5,7-14,26,28H,(H,24,29);1-11,19H,(H,18,20);1-3,8H,7H2,(H,9,10,11);1H4;;/q-1;;;;+1;. The van der Waals surface area contributed by atoms with Crippen LogP contribution in [0.25, 0.3) is 21.5 Å². The first-order valence-corrected chi connectivity index (χ1v) is 21.1. The Morgan fingerprint density at radius 2 is 1.15 bits per heavy atom. The molecule has 0 atom stereocenters. The number of nitrogens with two attached hydrogens (primary N) is 1. The van der Waals surface area contributed by atoms with E-state index < -0.39 is 26.6 Å². The Balaban J connectivity index is 0.000000272.